The lowest BCUT2D eigenvalue weighted by molar-refractivity contribution is 1.11. The minimum Gasteiger partial charge on any atom is -0.422 e. The summed E-state index contributed by atoms with van der Waals surface area (Å²) < 4.78 is 0. The molecular formula is C5H9NSi. The molecule has 0 spiro atoms. The van der Waals surface area contributed by atoms with Gasteiger partial charge in [0.2, 0.25) is 0 Å². The summed E-state index contributed by atoms with van der Waals surface area (Å²) in [6.45, 7) is 0. The van der Waals surface area contributed by atoms with E-state index < -0.39 is 0 Å². The average Bonchev–Trinajstić information content (AvgIpc) is 2.14. The van der Waals surface area contributed by atoms with E-state index in [4.69, 9.17) is 0 Å². The summed E-state index contributed by atoms with van der Waals surface area (Å²) in [4.78, 5) is 3.20. The van der Waals surface area contributed by atoms with E-state index in [-0.39, 0.29) is 0 Å². The van der Waals surface area contributed by atoms with Crippen molar-refractivity contribution in [3.05, 3.63) is 23.9 Å². The minimum atomic E-state index is 1.07. The monoisotopic (exact) mass is 111 g/mol. The van der Waals surface area contributed by atoms with Gasteiger partial charge in [0.1, 0.15) is 10.4 Å². The predicted molar refractivity (Wildman–Crippen MR) is 34.9 cm³/mol. The lowest BCUT2D eigenvalue weighted by Crippen LogP contribution is -2.04. The lowest BCUT2D eigenvalue weighted by atomic mass is 10.4. The Kier molecular flexibility index (Phi) is 1.31. The molecule has 0 bridgehead atoms. The van der Waals surface area contributed by atoms with Crippen LogP contribution in [-0.2, 0) is 0 Å². The third-order valence-corrected chi connectivity index (χ3v) is 1.73. The lowest BCUT2D eigenvalue weighted by Gasteiger charge is -1.94. The van der Waals surface area contributed by atoms with Crippen LogP contribution in [0, 0.1) is 0 Å². The molecule has 38 valence electrons. The van der Waals surface area contributed by atoms with Crippen LogP contribution in [0.2, 0.25) is 0 Å². The minimum absolute atomic E-state index is 1.07. The Morgan fingerprint density at radius 1 is 1.71 bits per heavy atom. The maximum atomic E-state index is 3.20. The molecule has 0 saturated carbocycles. The van der Waals surface area contributed by atoms with Crippen LogP contribution < -0.4 is 4.98 Å². The summed E-state index contributed by atoms with van der Waals surface area (Å²) in [5.74, 6) is 0. The van der Waals surface area contributed by atoms with Gasteiger partial charge in [-0.2, -0.15) is 0 Å². The fraction of sp³-hybridized carbons (Fsp3) is 0.200. The van der Waals surface area contributed by atoms with Crippen LogP contribution >= 0.6 is 0 Å². The molecule has 0 radical (unpaired) electrons. The molecule has 2 heteroatoms. The van der Waals surface area contributed by atoms with Crippen molar-refractivity contribution >= 4 is 10.4 Å². The van der Waals surface area contributed by atoms with Crippen molar-refractivity contribution in [2.24, 2.45) is 0 Å². The molecule has 0 aromatic heterocycles. The highest BCUT2D eigenvalue weighted by Gasteiger charge is 1.90. The summed E-state index contributed by atoms with van der Waals surface area (Å²) in [6, 6.07) is 0. The molecule has 0 aromatic carbocycles. The van der Waals surface area contributed by atoms with Crippen molar-refractivity contribution in [1.82, 2.24) is 4.98 Å². The van der Waals surface area contributed by atoms with E-state index in [0.717, 1.165) is 16.8 Å². The fourth-order valence-electron chi connectivity index (χ4n) is 0.633. The molecular weight excluding hydrogens is 102 g/mol. The Balaban J connectivity index is 2.45. The first-order chi connectivity index (χ1) is 3.43. The van der Waals surface area contributed by atoms with Gasteiger partial charge in [0.05, 0.1) is 0 Å². The van der Waals surface area contributed by atoms with Gasteiger partial charge < -0.3 is 4.98 Å². The first-order valence-corrected chi connectivity index (χ1v) is 3.47. The molecule has 0 fully saturated rings. The third kappa shape index (κ3) is 0.931. The molecule has 1 rings (SSSR count). The number of nitrogens with one attached hydrogen (secondary N) is 1. The van der Waals surface area contributed by atoms with E-state index in [1.807, 2.05) is 0 Å². The average molecular weight is 111 g/mol. The van der Waals surface area contributed by atoms with Crippen molar-refractivity contribution in [2.75, 3.05) is 0 Å². The van der Waals surface area contributed by atoms with Gasteiger partial charge in [0.25, 0.3) is 0 Å². The van der Waals surface area contributed by atoms with Crippen LogP contribution in [0.15, 0.2) is 23.9 Å². The summed E-state index contributed by atoms with van der Waals surface area (Å²) in [5, 5.41) is 0. The Hall–Kier alpha value is -0.503. The first kappa shape index (κ1) is 4.65. The van der Waals surface area contributed by atoms with E-state index in [2.05, 4.69) is 23.2 Å². The molecule has 0 unspecified atom stereocenters. The largest absolute Gasteiger partial charge is 0.422 e. The molecule has 0 amide bonds. The number of hydrogen-bond donors (Lipinski definition) is 1. The predicted octanol–water partition coefficient (Wildman–Crippen LogP) is -0.300. The van der Waals surface area contributed by atoms with E-state index in [1.54, 1.807) is 0 Å². The van der Waals surface area contributed by atoms with E-state index in [1.165, 1.54) is 5.70 Å². The van der Waals surface area contributed by atoms with Crippen molar-refractivity contribution in [3.8, 4) is 0 Å². The Bertz CT molecular complexity index is 115. The molecule has 7 heavy (non-hydrogen) atoms. The molecule has 1 nitrogen and oxygen atoms in total. The van der Waals surface area contributed by atoms with Gasteiger partial charge >= 0.3 is 0 Å². The summed E-state index contributed by atoms with van der Waals surface area (Å²) in [5.41, 5.74) is 1.37. The highest BCUT2D eigenvalue weighted by molar-refractivity contribution is 6.05. The van der Waals surface area contributed by atoms with Crippen molar-refractivity contribution < 1.29 is 0 Å². The first-order valence-electron chi connectivity index (χ1n) is 2.47. The zero-order valence-corrected chi connectivity index (χ0v) is 6.44. The van der Waals surface area contributed by atoms with Gasteiger partial charge in [-0.1, -0.05) is 12.2 Å². The van der Waals surface area contributed by atoms with Gasteiger partial charge in [-0.3, -0.25) is 0 Å². The van der Waals surface area contributed by atoms with E-state index >= 15 is 0 Å². The Morgan fingerprint density at radius 3 is 2.86 bits per heavy atom. The van der Waals surface area contributed by atoms with E-state index in [0.29, 0.717) is 0 Å². The number of allylic oxidation sites excluding steroid dienone is 3. The highest BCUT2D eigenvalue weighted by atomic mass is 28.2. The molecule has 0 saturated heterocycles. The number of hydrogen-bond acceptors (Lipinski definition) is 1. The highest BCUT2D eigenvalue weighted by Crippen LogP contribution is 2.03. The smallest absolute Gasteiger partial charge is 0.103 e. The van der Waals surface area contributed by atoms with Crippen molar-refractivity contribution in [3.63, 3.8) is 0 Å². The number of rotatable bonds is 1. The van der Waals surface area contributed by atoms with E-state index in [9.17, 15) is 0 Å². The molecule has 0 aromatic rings. The van der Waals surface area contributed by atoms with Crippen LogP contribution in [0.4, 0.5) is 0 Å². The van der Waals surface area contributed by atoms with Crippen LogP contribution in [0.25, 0.3) is 0 Å². The van der Waals surface area contributed by atoms with Crippen LogP contribution in [0.3, 0.4) is 0 Å². The summed E-state index contributed by atoms with van der Waals surface area (Å²) >= 11 is 0. The third-order valence-electron chi connectivity index (χ3n) is 1.09. The molecule has 1 aliphatic carbocycles. The second-order valence-corrected chi connectivity index (χ2v) is 2.07. The Labute approximate surface area is 46.6 Å². The molecule has 0 aliphatic heterocycles. The van der Waals surface area contributed by atoms with Crippen LogP contribution in [0.1, 0.15) is 6.42 Å². The zero-order chi connectivity index (χ0) is 5.11. The molecule has 0 atom stereocenters. The fourth-order valence-corrected chi connectivity index (χ4v) is 1.00. The van der Waals surface area contributed by atoms with Crippen LogP contribution in [0.5, 0.6) is 0 Å². The van der Waals surface area contributed by atoms with Crippen molar-refractivity contribution in [1.29, 1.82) is 0 Å². The summed E-state index contributed by atoms with van der Waals surface area (Å²) in [7, 11) is 1.07. The SMILES string of the molecule is [SiH3]NC1=CC=CC1. The second kappa shape index (κ2) is 1.98. The molecule has 1 aliphatic rings. The van der Waals surface area contributed by atoms with Gasteiger partial charge in [-0.25, -0.2) is 0 Å². The standard InChI is InChI=1S/C5H9NSi/c7-6-5-3-1-2-4-5/h1-3,6H,4H2,7H3. The topological polar surface area (TPSA) is 12.0 Å². The molecule has 0 heterocycles. The van der Waals surface area contributed by atoms with Crippen LogP contribution in [-0.4, -0.2) is 10.4 Å². The molecule has 1 N–H and O–H groups in total. The quantitative estimate of drug-likeness (QED) is 0.458. The maximum Gasteiger partial charge on any atom is 0.103 e. The van der Waals surface area contributed by atoms with Crippen molar-refractivity contribution in [2.45, 2.75) is 6.42 Å². The maximum absolute atomic E-state index is 3.20. The van der Waals surface area contributed by atoms with Gasteiger partial charge in [0, 0.05) is 12.1 Å². The zero-order valence-electron chi connectivity index (χ0n) is 4.44. The summed E-state index contributed by atoms with van der Waals surface area (Å²) in [6.07, 6.45) is 7.47. The second-order valence-electron chi connectivity index (χ2n) is 1.57. The normalized spacial score (nSPS) is 17.4. The van der Waals surface area contributed by atoms with Gasteiger partial charge in [-0.05, 0) is 6.08 Å². The van der Waals surface area contributed by atoms with Gasteiger partial charge in [-0.15, -0.1) is 0 Å². The Morgan fingerprint density at radius 2 is 2.57 bits per heavy atom. The van der Waals surface area contributed by atoms with Gasteiger partial charge in [0.15, 0.2) is 0 Å².